The number of aryl methyl sites for hydroxylation is 3. The van der Waals surface area contributed by atoms with E-state index in [0.717, 1.165) is 11.5 Å². The van der Waals surface area contributed by atoms with Gasteiger partial charge in [-0.1, -0.05) is 11.8 Å². The molecule has 0 spiro atoms. The number of nitrogens with zero attached hydrogens (tertiary/aromatic N) is 1. The molecule has 0 saturated heterocycles. The van der Waals surface area contributed by atoms with Gasteiger partial charge in [-0.05, 0) is 44.7 Å². The number of hydrogen-bond acceptors (Lipinski definition) is 5. The number of hydrogen-bond donors (Lipinski definition) is 1. The Morgan fingerprint density at radius 3 is 2.56 bits per heavy atom. The summed E-state index contributed by atoms with van der Waals surface area (Å²) in [7, 11) is 0. The van der Waals surface area contributed by atoms with E-state index in [2.05, 4.69) is 23.4 Å². The van der Waals surface area contributed by atoms with Crippen LogP contribution in [-0.4, -0.2) is 11.0 Å². The predicted octanol–water partition coefficient (Wildman–Crippen LogP) is 3.84. The van der Waals surface area contributed by atoms with Gasteiger partial charge >= 0.3 is 0 Å². The van der Waals surface area contributed by atoms with Gasteiger partial charge in [-0.25, -0.2) is 4.98 Å². The van der Waals surface area contributed by atoms with Crippen molar-refractivity contribution in [3.63, 3.8) is 0 Å². The molecule has 2 aromatic heterocycles. The van der Waals surface area contributed by atoms with E-state index in [-0.39, 0.29) is 11.3 Å². The lowest BCUT2D eigenvalue weighted by atomic mass is 10.1. The largest absolute Gasteiger partial charge is 0.437 e. The van der Waals surface area contributed by atoms with Gasteiger partial charge in [0.2, 0.25) is 0 Å². The fourth-order valence-corrected chi connectivity index (χ4v) is 4.10. The summed E-state index contributed by atoms with van der Waals surface area (Å²) in [6.45, 7) is 8.04. The van der Waals surface area contributed by atoms with Crippen molar-refractivity contribution in [1.82, 2.24) is 4.98 Å². The lowest BCUT2D eigenvalue weighted by Gasteiger charge is -2.18. The molecule has 0 radical (unpaired) electrons. The van der Waals surface area contributed by atoms with Crippen LogP contribution in [0.15, 0.2) is 21.1 Å². The first kappa shape index (κ1) is 13.6. The van der Waals surface area contributed by atoms with Crippen molar-refractivity contribution in [2.24, 2.45) is 5.73 Å². The summed E-state index contributed by atoms with van der Waals surface area (Å²) >= 11 is 3.36. The van der Waals surface area contributed by atoms with Crippen LogP contribution in [0, 0.1) is 20.8 Å². The van der Waals surface area contributed by atoms with Gasteiger partial charge in [0.15, 0.2) is 0 Å². The Bertz CT molecular complexity index is 511. The molecule has 2 aromatic rings. The summed E-state index contributed by atoms with van der Waals surface area (Å²) in [5.74, 6) is 0.879. The maximum atomic E-state index is 6.11. The molecule has 0 aliphatic heterocycles. The number of thiophene rings is 1. The Balaban J connectivity index is 2.25. The number of aromatic nitrogens is 1. The molecule has 5 heteroatoms. The highest BCUT2D eigenvalue weighted by atomic mass is 32.2. The quantitative estimate of drug-likeness (QED) is 0.866. The van der Waals surface area contributed by atoms with E-state index in [0.29, 0.717) is 5.22 Å². The molecule has 18 heavy (non-hydrogen) atoms. The van der Waals surface area contributed by atoms with Crippen molar-refractivity contribution in [3.05, 3.63) is 33.3 Å². The van der Waals surface area contributed by atoms with Gasteiger partial charge < -0.3 is 10.2 Å². The van der Waals surface area contributed by atoms with E-state index in [1.165, 1.54) is 10.4 Å². The molecule has 98 valence electrons. The monoisotopic (exact) mass is 282 g/mol. The second-order valence-corrected chi connectivity index (χ2v) is 6.53. The van der Waals surface area contributed by atoms with Crippen LogP contribution in [0.5, 0.6) is 0 Å². The summed E-state index contributed by atoms with van der Waals surface area (Å²) in [6.07, 6.45) is 0. The Labute approximate surface area is 116 Å². The van der Waals surface area contributed by atoms with Crippen molar-refractivity contribution >= 4 is 23.1 Å². The number of oxazole rings is 1. The first-order valence-corrected chi connectivity index (χ1v) is 7.65. The maximum absolute atomic E-state index is 6.11. The summed E-state index contributed by atoms with van der Waals surface area (Å²) in [6, 6.07) is 2.18. The predicted molar refractivity (Wildman–Crippen MR) is 77.3 cm³/mol. The summed E-state index contributed by atoms with van der Waals surface area (Å²) < 4.78 is 5.63. The first-order valence-electron chi connectivity index (χ1n) is 5.89. The molecule has 2 atom stereocenters. The summed E-state index contributed by atoms with van der Waals surface area (Å²) in [5.41, 5.74) is 8.34. The highest BCUT2D eigenvalue weighted by Gasteiger charge is 2.23. The second kappa shape index (κ2) is 5.47. The molecule has 2 unspecified atom stereocenters. The van der Waals surface area contributed by atoms with E-state index < -0.39 is 0 Å². The molecular formula is C13H18N2OS2. The molecule has 0 saturated carbocycles. The third-order valence-corrected chi connectivity index (χ3v) is 5.42. The first-order chi connectivity index (χ1) is 8.49. The molecule has 0 aliphatic rings. The number of nitrogens with two attached hydrogens (primary N) is 1. The normalized spacial score (nSPS) is 14.7. The Morgan fingerprint density at radius 2 is 2.11 bits per heavy atom. The van der Waals surface area contributed by atoms with Crippen molar-refractivity contribution in [2.75, 3.05) is 0 Å². The van der Waals surface area contributed by atoms with E-state index in [1.54, 1.807) is 23.1 Å². The molecule has 0 aliphatic carbocycles. The topological polar surface area (TPSA) is 52.0 Å². The molecule has 3 nitrogen and oxygen atoms in total. The van der Waals surface area contributed by atoms with Crippen LogP contribution in [-0.2, 0) is 0 Å². The molecular weight excluding hydrogens is 264 g/mol. The Kier molecular flexibility index (Phi) is 4.14. The van der Waals surface area contributed by atoms with Gasteiger partial charge in [0.1, 0.15) is 5.76 Å². The number of thioether (sulfide) groups is 1. The maximum Gasteiger partial charge on any atom is 0.256 e. The van der Waals surface area contributed by atoms with E-state index in [4.69, 9.17) is 10.2 Å². The Hall–Kier alpha value is -0.780. The van der Waals surface area contributed by atoms with Crippen molar-refractivity contribution in [3.8, 4) is 0 Å². The summed E-state index contributed by atoms with van der Waals surface area (Å²) in [5, 5.41) is 3.01. The summed E-state index contributed by atoms with van der Waals surface area (Å²) in [4.78, 5) is 5.73. The molecule has 0 amide bonds. The van der Waals surface area contributed by atoms with Crippen LogP contribution in [0.2, 0.25) is 0 Å². The zero-order chi connectivity index (χ0) is 13.3. The third kappa shape index (κ3) is 2.79. The van der Waals surface area contributed by atoms with Gasteiger partial charge in [0, 0.05) is 10.9 Å². The SMILES string of the molecule is Cc1ccsc1C(Sc1nc(C)c(C)o1)C(C)N. The zero-order valence-electron chi connectivity index (χ0n) is 11.1. The minimum absolute atomic E-state index is 0.0554. The fourth-order valence-electron chi connectivity index (χ4n) is 1.68. The van der Waals surface area contributed by atoms with E-state index in [9.17, 15) is 0 Å². The highest BCUT2D eigenvalue weighted by molar-refractivity contribution is 7.99. The standard InChI is InChI=1S/C13H18N2OS2/c1-7-5-6-17-11(7)12(8(2)14)18-13-15-9(3)10(4)16-13/h5-6,8,12H,14H2,1-4H3. The molecule has 2 rings (SSSR count). The lowest BCUT2D eigenvalue weighted by molar-refractivity contribution is 0.429. The van der Waals surface area contributed by atoms with Crippen LogP contribution in [0.3, 0.4) is 0 Å². The van der Waals surface area contributed by atoms with Crippen LogP contribution in [0.1, 0.15) is 34.1 Å². The van der Waals surface area contributed by atoms with Crippen LogP contribution >= 0.6 is 23.1 Å². The number of rotatable bonds is 4. The minimum atomic E-state index is 0.0554. The van der Waals surface area contributed by atoms with Crippen molar-refractivity contribution in [1.29, 1.82) is 0 Å². The van der Waals surface area contributed by atoms with Crippen LogP contribution in [0.25, 0.3) is 0 Å². The van der Waals surface area contributed by atoms with E-state index >= 15 is 0 Å². The van der Waals surface area contributed by atoms with Gasteiger partial charge in [0.05, 0.1) is 10.9 Å². The minimum Gasteiger partial charge on any atom is -0.437 e. The van der Waals surface area contributed by atoms with Gasteiger partial charge in [-0.2, -0.15) is 0 Å². The lowest BCUT2D eigenvalue weighted by Crippen LogP contribution is -2.22. The molecule has 2 heterocycles. The average molecular weight is 282 g/mol. The molecule has 2 N–H and O–H groups in total. The van der Waals surface area contributed by atoms with Gasteiger partial charge in [-0.3, -0.25) is 0 Å². The smallest absolute Gasteiger partial charge is 0.256 e. The fraction of sp³-hybridized carbons (Fsp3) is 0.462. The van der Waals surface area contributed by atoms with Gasteiger partial charge in [-0.15, -0.1) is 11.3 Å². The highest BCUT2D eigenvalue weighted by Crippen LogP contribution is 2.40. The second-order valence-electron chi connectivity index (χ2n) is 4.49. The Morgan fingerprint density at radius 1 is 1.39 bits per heavy atom. The van der Waals surface area contributed by atoms with Gasteiger partial charge in [0.25, 0.3) is 5.22 Å². The van der Waals surface area contributed by atoms with Crippen LogP contribution < -0.4 is 5.73 Å². The van der Waals surface area contributed by atoms with Crippen molar-refractivity contribution < 1.29 is 4.42 Å². The van der Waals surface area contributed by atoms with E-state index in [1.807, 2.05) is 20.8 Å². The molecule has 0 aromatic carbocycles. The third-order valence-electron chi connectivity index (χ3n) is 2.87. The molecule has 0 bridgehead atoms. The zero-order valence-corrected chi connectivity index (χ0v) is 12.7. The van der Waals surface area contributed by atoms with Crippen molar-refractivity contribution in [2.45, 2.75) is 44.2 Å². The van der Waals surface area contributed by atoms with Crippen LogP contribution in [0.4, 0.5) is 0 Å². The molecule has 0 fully saturated rings. The average Bonchev–Trinajstić information content (AvgIpc) is 2.83.